The topological polar surface area (TPSA) is 134 Å². The molecule has 1 amide bonds. The van der Waals surface area contributed by atoms with E-state index < -0.39 is 24.3 Å². The van der Waals surface area contributed by atoms with Crippen LogP contribution in [0.25, 0.3) is 10.9 Å². The summed E-state index contributed by atoms with van der Waals surface area (Å²) in [5, 5.41) is 30.6. The van der Waals surface area contributed by atoms with Crippen molar-refractivity contribution in [2.75, 3.05) is 13.7 Å². The number of benzene rings is 2. The largest absolute Gasteiger partial charge is 0.465 e. The molecule has 2 aromatic carbocycles. The standard InChI is InChI=1S/C21H23N3O6/c1-29-20(27)14-7-8-15-16(11-14)23-24-18(15)19(26)17(25)9-10-22-21(28)30-12-13-5-3-2-4-6-13/h2-8,11,17,19,25-26H,9-10,12H2,1H3,(H,22,28)(H,23,24). The molecule has 0 radical (unpaired) electrons. The zero-order valence-electron chi connectivity index (χ0n) is 16.4. The molecule has 9 nitrogen and oxygen atoms in total. The van der Waals surface area contributed by atoms with Gasteiger partial charge in [0.15, 0.2) is 0 Å². The van der Waals surface area contributed by atoms with Gasteiger partial charge in [-0.05, 0) is 30.2 Å². The fourth-order valence-electron chi connectivity index (χ4n) is 2.95. The molecule has 2 atom stereocenters. The lowest BCUT2D eigenvalue weighted by Crippen LogP contribution is -2.30. The predicted octanol–water partition coefficient (Wildman–Crippen LogP) is 2.06. The molecule has 0 spiro atoms. The number of aromatic nitrogens is 2. The quantitative estimate of drug-likeness (QED) is 0.415. The monoisotopic (exact) mass is 413 g/mol. The normalized spacial score (nSPS) is 12.9. The maximum atomic E-state index is 11.8. The molecule has 3 aromatic rings. The zero-order valence-corrected chi connectivity index (χ0v) is 16.4. The Morgan fingerprint density at radius 3 is 2.67 bits per heavy atom. The SMILES string of the molecule is COC(=O)c1ccc2c(C(O)C(O)CCNC(=O)OCc3ccccc3)[nH]nc2c1. The number of hydrogen-bond acceptors (Lipinski definition) is 7. The van der Waals surface area contributed by atoms with Crippen molar-refractivity contribution in [3.63, 3.8) is 0 Å². The number of rotatable bonds is 8. The van der Waals surface area contributed by atoms with Crippen molar-refractivity contribution < 1.29 is 29.3 Å². The van der Waals surface area contributed by atoms with Gasteiger partial charge in [-0.1, -0.05) is 30.3 Å². The number of aromatic amines is 1. The van der Waals surface area contributed by atoms with Crippen LogP contribution in [0.4, 0.5) is 4.79 Å². The highest BCUT2D eigenvalue weighted by molar-refractivity contribution is 5.94. The molecule has 1 aromatic heterocycles. The van der Waals surface area contributed by atoms with Crippen molar-refractivity contribution in [3.8, 4) is 0 Å². The number of H-pyrrole nitrogens is 1. The van der Waals surface area contributed by atoms with E-state index in [1.807, 2.05) is 30.3 Å². The highest BCUT2D eigenvalue weighted by Crippen LogP contribution is 2.26. The highest BCUT2D eigenvalue weighted by Gasteiger charge is 2.23. The summed E-state index contributed by atoms with van der Waals surface area (Å²) in [5.41, 5.74) is 1.98. The van der Waals surface area contributed by atoms with Crippen molar-refractivity contribution in [2.24, 2.45) is 0 Å². The van der Waals surface area contributed by atoms with E-state index in [0.717, 1.165) is 5.56 Å². The minimum Gasteiger partial charge on any atom is -0.465 e. The number of ether oxygens (including phenoxy) is 2. The highest BCUT2D eigenvalue weighted by atomic mass is 16.5. The number of aliphatic hydroxyl groups is 2. The van der Waals surface area contributed by atoms with Gasteiger partial charge in [-0.2, -0.15) is 5.10 Å². The van der Waals surface area contributed by atoms with Gasteiger partial charge >= 0.3 is 12.1 Å². The van der Waals surface area contributed by atoms with E-state index in [-0.39, 0.29) is 19.6 Å². The van der Waals surface area contributed by atoms with Crippen LogP contribution in [0.2, 0.25) is 0 Å². The second-order valence-electron chi connectivity index (χ2n) is 6.65. The molecule has 0 saturated heterocycles. The van der Waals surface area contributed by atoms with E-state index in [1.165, 1.54) is 13.2 Å². The van der Waals surface area contributed by atoms with Crippen molar-refractivity contribution in [2.45, 2.75) is 25.2 Å². The number of alkyl carbamates (subject to hydrolysis) is 1. The lowest BCUT2D eigenvalue weighted by molar-refractivity contribution is 0.0119. The van der Waals surface area contributed by atoms with Gasteiger partial charge in [0.2, 0.25) is 0 Å². The van der Waals surface area contributed by atoms with Gasteiger partial charge < -0.3 is 25.0 Å². The van der Waals surface area contributed by atoms with E-state index in [1.54, 1.807) is 12.1 Å². The number of nitrogens with one attached hydrogen (secondary N) is 2. The third-order valence-corrected chi connectivity index (χ3v) is 4.59. The molecule has 0 bridgehead atoms. The molecule has 0 aliphatic heterocycles. The number of aliphatic hydroxyl groups excluding tert-OH is 2. The van der Waals surface area contributed by atoms with Crippen LogP contribution < -0.4 is 5.32 Å². The molecule has 0 fully saturated rings. The first-order chi connectivity index (χ1) is 14.5. The molecule has 2 unspecified atom stereocenters. The van der Waals surface area contributed by atoms with Crippen LogP contribution in [0, 0.1) is 0 Å². The Labute approximate surface area is 172 Å². The van der Waals surface area contributed by atoms with Crippen LogP contribution >= 0.6 is 0 Å². The van der Waals surface area contributed by atoms with E-state index in [9.17, 15) is 19.8 Å². The summed E-state index contributed by atoms with van der Waals surface area (Å²) in [7, 11) is 1.29. The van der Waals surface area contributed by atoms with Crippen molar-refractivity contribution >= 4 is 23.0 Å². The van der Waals surface area contributed by atoms with Gasteiger partial charge in [-0.25, -0.2) is 9.59 Å². The Morgan fingerprint density at radius 1 is 1.17 bits per heavy atom. The van der Waals surface area contributed by atoms with Crippen molar-refractivity contribution in [1.29, 1.82) is 0 Å². The number of methoxy groups -OCH3 is 1. The Bertz CT molecular complexity index is 1000. The number of fused-ring (bicyclic) bond motifs is 1. The minimum absolute atomic E-state index is 0.0996. The first-order valence-corrected chi connectivity index (χ1v) is 9.36. The predicted molar refractivity (Wildman–Crippen MR) is 108 cm³/mol. The molecule has 1 heterocycles. The van der Waals surface area contributed by atoms with E-state index in [4.69, 9.17) is 4.74 Å². The van der Waals surface area contributed by atoms with Crippen LogP contribution in [0.1, 0.15) is 34.1 Å². The van der Waals surface area contributed by atoms with Crippen LogP contribution in [-0.2, 0) is 16.1 Å². The van der Waals surface area contributed by atoms with Crippen molar-refractivity contribution in [1.82, 2.24) is 15.5 Å². The van der Waals surface area contributed by atoms with Gasteiger partial charge in [-0.15, -0.1) is 0 Å². The molecule has 0 aliphatic rings. The molecule has 4 N–H and O–H groups in total. The number of esters is 1. The maximum absolute atomic E-state index is 11.8. The van der Waals surface area contributed by atoms with Crippen LogP contribution in [0.15, 0.2) is 48.5 Å². The lowest BCUT2D eigenvalue weighted by Gasteiger charge is -2.17. The van der Waals surface area contributed by atoms with Gasteiger partial charge in [0.1, 0.15) is 12.7 Å². The first-order valence-electron chi connectivity index (χ1n) is 9.36. The second kappa shape index (κ2) is 9.86. The lowest BCUT2D eigenvalue weighted by atomic mass is 10.0. The van der Waals surface area contributed by atoms with E-state index in [0.29, 0.717) is 22.2 Å². The molecular formula is C21H23N3O6. The van der Waals surface area contributed by atoms with Crippen LogP contribution in [0.3, 0.4) is 0 Å². The fourth-order valence-corrected chi connectivity index (χ4v) is 2.95. The minimum atomic E-state index is -1.25. The summed E-state index contributed by atoms with van der Waals surface area (Å²) >= 11 is 0. The number of carbonyl (C=O) groups is 2. The third-order valence-electron chi connectivity index (χ3n) is 4.59. The average Bonchev–Trinajstić information content (AvgIpc) is 3.20. The number of hydrogen-bond donors (Lipinski definition) is 4. The van der Waals surface area contributed by atoms with Crippen LogP contribution in [0.5, 0.6) is 0 Å². The Kier molecular flexibility index (Phi) is 6.99. The Morgan fingerprint density at radius 2 is 1.93 bits per heavy atom. The summed E-state index contributed by atoms with van der Waals surface area (Å²) in [5.74, 6) is -0.493. The van der Waals surface area contributed by atoms with Gasteiger partial charge in [0.25, 0.3) is 0 Å². The van der Waals surface area contributed by atoms with Gasteiger partial charge in [0, 0.05) is 11.9 Å². The molecule has 0 aliphatic carbocycles. The van der Waals surface area contributed by atoms with Gasteiger partial charge in [-0.3, -0.25) is 5.10 Å². The summed E-state index contributed by atoms with van der Waals surface area (Å²) in [6.07, 6.45) is -2.91. The van der Waals surface area contributed by atoms with E-state index in [2.05, 4.69) is 20.3 Å². The Hall–Kier alpha value is -3.43. The maximum Gasteiger partial charge on any atom is 0.407 e. The average molecular weight is 413 g/mol. The number of carbonyl (C=O) groups excluding carboxylic acids is 2. The number of nitrogens with zero attached hydrogens (tertiary/aromatic N) is 1. The second-order valence-corrected chi connectivity index (χ2v) is 6.65. The summed E-state index contributed by atoms with van der Waals surface area (Å²) < 4.78 is 9.76. The van der Waals surface area contributed by atoms with Crippen molar-refractivity contribution in [3.05, 3.63) is 65.4 Å². The Balaban J connectivity index is 1.51. The molecule has 0 saturated carbocycles. The summed E-state index contributed by atoms with van der Waals surface area (Å²) in [6.45, 7) is 0.260. The molecule has 9 heteroatoms. The van der Waals surface area contributed by atoms with E-state index >= 15 is 0 Å². The smallest absolute Gasteiger partial charge is 0.407 e. The zero-order chi connectivity index (χ0) is 21.5. The molecule has 30 heavy (non-hydrogen) atoms. The van der Waals surface area contributed by atoms with Gasteiger partial charge in [0.05, 0.1) is 30.0 Å². The summed E-state index contributed by atoms with van der Waals surface area (Å²) in [4.78, 5) is 23.4. The molecule has 3 rings (SSSR count). The molecule has 158 valence electrons. The first kappa shape index (κ1) is 21.3. The van der Waals surface area contributed by atoms with Crippen LogP contribution in [-0.4, -0.2) is 52.2 Å². The summed E-state index contributed by atoms with van der Waals surface area (Å²) in [6, 6.07) is 14.0. The molecular weight excluding hydrogens is 390 g/mol. The fraction of sp³-hybridized carbons (Fsp3) is 0.286. The number of amides is 1. The third kappa shape index (κ3) is 5.13.